The number of likely N-dealkylation sites (tertiary alicyclic amines) is 1. The van der Waals surface area contributed by atoms with Crippen molar-refractivity contribution in [2.45, 2.75) is 32.4 Å². The van der Waals surface area contributed by atoms with E-state index in [0.29, 0.717) is 23.6 Å². The van der Waals surface area contributed by atoms with Crippen molar-refractivity contribution in [2.75, 3.05) is 33.3 Å². The lowest BCUT2D eigenvalue weighted by Gasteiger charge is -2.37. The van der Waals surface area contributed by atoms with Gasteiger partial charge < -0.3 is 19.5 Å². The average Bonchev–Trinajstić information content (AvgIpc) is 3.16. The quantitative estimate of drug-likeness (QED) is 0.923. The zero-order valence-electron chi connectivity index (χ0n) is 13.8. The standard InChI is InChI=1S/C17H27N3O2/c1-12(2)19(3)10-16-14-9-20(8-6-13(14)11-22-16)17(21)15-5-4-7-18-15/h4-5,7,12-14,16,18H,6,8-11H2,1-3H3/t13-,14-,16+/m0/s1. The van der Waals surface area contributed by atoms with Gasteiger partial charge in [0.05, 0.1) is 12.7 Å². The SMILES string of the molecule is CC(C)N(C)C[C@H]1OC[C@@H]2CCN(C(=O)c3ccc[nH]3)C[C@@H]21. The van der Waals surface area contributed by atoms with Crippen LogP contribution in [-0.4, -0.2) is 66.1 Å². The number of piperidine rings is 1. The molecule has 3 rings (SSSR count). The Bertz CT molecular complexity index is 500. The number of carbonyl (C=O) groups excluding carboxylic acids is 1. The number of hydrogen-bond acceptors (Lipinski definition) is 3. The van der Waals surface area contributed by atoms with Gasteiger partial charge in [-0.15, -0.1) is 0 Å². The minimum Gasteiger partial charge on any atom is -0.376 e. The van der Waals surface area contributed by atoms with Crippen LogP contribution in [-0.2, 0) is 4.74 Å². The zero-order valence-corrected chi connectivity index (χ0v) is 13.8. The summed E-state index contributed by atoms with van der Waals surface area (Å²) in [7, 11) is 2.14. The molecule has 2 aliphatic heterocycles. The zero-order chi connectivity index (χ0) is 15.7. The molecule has 5 heteroatoms. The molecule has 122 valence electrons. The molecule has 5 nitrogen and oxygen atoms in total. The smallest absolute Gasteiger partial charge is 0.270 e. The molecule has 2 fully saturated rings. The van der Waals surface area contributed by atoms with Crippen molar-refractivity contribution in [1.82, 2.24) is 14.8 Å². The van der Waals surface area contributed by atoms with Crippen molar-refractivity contribution < 1.29 is 9.53 Å². The largest absolute Gasteiger partial charge is 0.376 e. The average molecular weight is 305 g/mol. The molecule has 0 spiro atoms. The molecule has 2 aliphatic rings. The maximum absolute atomic E-state index is 12.5. The fourth-order valence-electron chi connectivity index (χ4n) is 3.53. The summed E-state index contributed by atoms with van der Waals surface area (Å²) >= 11 is 0. The van der Waals surface area contributed by atoms with Crippen LogP contribution in [0.25, 0.3) is 0 Å². The number of ether oxygens (including phenoxy) is 1. The molecule has 1 aromatic rings. The van der Waals surface area contributed by atoms with Gasteiger partial charge in [-0.25, -0.2) is 0 Å². The number of amides is 1. The number of hydrogen-bond donors (Lipinski definition) is 1. The lowest BCUT2D eigenvalue weighted by atomic mass is 9.84. The van der Waals surface area contributed by atoms with E-state index in [2.05, 4.69) is 30.8 Å². The Balaban J connectivity index is 1.64. The third-order valence-electron chi connectivity index (χ3n) is 5.27. The van der Waals surface area contributed by atoms with Gasteiger partial charge >= 0.3 is 0 Å². The van der Waals surface area contributed by atoms with E-state index < -0.39 is 0 Å². The molecule has 0 aliphatic carbocycles. The van der Waals surface area contributed by atoms with Crippen LogP contribution in [0, 0.1) is 11.8 Å². The van der Waals surface area contributed by atoms with Crippen molar-refractivity contribution >= 4 is 5.91 Å². The molecular formula is C17H27N3O2. The van der Waals surface area contributed by atoms with Gasteiger partial charge in [-0.05, 0) is 45.4 Å². The normalized spacial score (nSPS) is 28.4. The van der Waals surface area contributed by atoms with E-state index in [0.717, 1.165) is 32.7 Å². The van der Waals surface area contributed by atoms with Crippen LogP contribution < -0.4 is 0 Å². The summed E-state index contributed by atoms with van der Waals surface area (Å²) < 4.78 is 6.05. The van der Waals surface area contributed by atoms with Gasteiger partial charge in [-0.3, -0.25) is 4.79 Å². The van der Waals surface area contributed by atoms with E-state index in [9.17, 15) is 4.79 Å². The maximum Gasteiger partial charge on any atom is 0.270 e. The number of aromatic nitrogens is 1. The van der Waals surface area contributed by atoms with Gasteiger partial charge in [0.1, 0.15) is 5.69 Å². The molecule has 3 atom stereocenters. The van der Waals surface area contributed by atoms with Crippen LogP contribution >= 0.6 is 0 Å². The minimum atomic E-state index is 0.117. The molecule has 1 amide bonds. The van der Waals surface area contributed by atoms with Crippen LogP contribution in [0.3, 0.4) is 0 Å². The Morgan fingerprint density at radius 3 is 3.05 bits per heavy atom. The highest BCUT2D eigenvalue weighted by Gasteiger charge is 2.42. The molecule has 22 heavy (non-hydrogen) atoms. The summed E-state index contributed by atoms with van der Waals surface area (Å²) in [5.74, 6) is 1.19. The van der Waals surface area contributed by atoms with E-state index >= 15 is 0 Å². The summed E-state index contributed by atoms with van der Waals surface area (Å²) in [4.78, 5) is 19.9. The Morgan fingerprint density at radius 2 is 2.36 bits per heavy atom. The van der Waals surface area contributed by atoms with E-state index in [1.165, 1.54) is 0 Å². The number of likely N-dealkylation sites (N-methyl/N-ethyl adjacent to an activating group) is 1. The van der Waals surface area contributed by atoms with Gasteiger partial charge in [-0.1, -0.05) is 0 Å². The van der Waals surface area contributed by atoms with E-state index in [-0.39, 0.29) is 12.0 Å². The third-order valence-corrected chi connectivity index (χ3v) is 5.27. The van der Waals surface area contributed by atoms with E-state index in [4.69, 9.17) is 4.74 Å². The molecule has 0 bridgehead atoms. The van der Waals surface area contributed by atoms with E-state index in [1.54, 1.807) is 6.20 Å². The molecule has 0 unspecified atom stereocenters. The minimum absolute atomic E-state index is 0.117. The second-order valence-electron chi connectivity index (χ2n) is 6.95. The van der Waals surface area contributed by atoms with Crippen LogP contribution in [0.4, 0.5) is 0 Å². The summed E-state index contributed by atoms with van der Waals surface area (Å²) in [5, 5.41) is 0. The second-order valence-corrected chi connectivity index (χ2v) is 6.95. The number of fused-ring (bicyclic) bond motifs is 1. The number of nitrogens with zero attached hydrogens (tertiary/aromatic N) is 2. The number of carbonyl (C=O) groups is 1. The monoisotopic (exact) mass is 305 g/mol. The highest BCUT2D eigenvalue weighted by molar-refractivity contribution is 5.92. The molecule has 0 aromatic carbocycles. The molecular weight excluding hydrogens is 278 g/mol. The molecule has 2 saturated heterocycles. The van der Waals surface area contributed by atoms with Crippen LogP contribution in [0.2, 0.25) is 0 Å². The van der Waals surface area contributed by atoms with Gasteiger partial charge in [0.2, 0.25) is 0 Å². The number of aromatic amines is 1. The van der Waals surface area contributed by atoms with Crippen molar-refractivity contribution in [3.63, 3.8) is 0 Å². The molecule has 1 N–H and O–H groups in total. The molecule has 0 radical (unpaired) electrons. The third kappa shape index (κ3) is 3.06. The summed E-state index contributed by atoms with van der Waals surface area (Å²) in [5.41, 5.74) is 0.688. The fourth-order valence-corrected chi connectivity index (χ4v) is 3.53. The van der Waals surface area contributed by atoms with Crippen molar-refractivity contribution in [3.8, 4) is 0 Å². The predicted octanol–water partition coefficient (Wildman–Crippen LogP) is 1.83. The molecule has 0 saturated carbocycles. The van der Waals surface area contributed by atoms with Crippen LogP contribution in [0.1, 0.15) is 30.8 Å². The van der Waals surface area contributed by atoms with Crippen molar-refractivity contribution in [3.05, 3.63) is 24.0 Å². The predicted molar refractivity (Wildman–Crippen MR) is 85.8 cm³/mol. The first-order valence-corrected chi connectivity index (χ1v) is 8.30. The number of nitrogens with one attached hydrogen (secondary N) is 1. The lowest BCUT2D eigenvalue weighted by Crippen LogP contribution is -2.47. The Labute approximate surface area is 132 Å². The first kappa shape index (κ1) is 15.6. The maximum atomic E-state index is 12.5. The van der Waals surface area contributed by atoms with Gasteiger partial charge in [0.15, 0.2) is 0 Å². The first-order chi connectivity index (χ1) is 10.6. The number of rotatable bonds is 4. The fraction of sp³-hybridized carbons (Fsp3) is 0.706. The van der Waals surface area contributed by atoms with E-state index in [1.807, 2.05) is 17.0 Å². The molecule has 3 heterocycles. The second kappa shape index (κ2) is 6.42. The topological polar surface area (TPSA) is 48.6 Å². The van der Waals surface area contributed by atoms with Gasteiger partial charge in [0.25, 0.3) is 5.91 Å². The highest BCUT2D eigenvalue weighted by Crippen LogP contribution is 2.35. The Morgan fingerprint density at radius 1 is 1.55 bits per heavy atom. The summed E-state index contributed by atoms with van der Waals surface area (Å²) in [6.45, 7) is 7.87. The number of H-pyrrole nitrogens is 1. The Hall–Kier alpha value is -1.33. The van der Waals surface area contributed by atoms with Crippen LogP contribution in [0.5, 0.6) is 0 Å². The first-order valence-electron chi connectivity index (χ1n) is 8.30. The molecule has 1 aromatic heterocycles. The summed E-state index contributed by atoms with van der Waals surface area (Å²) in [6.07, 6.45) is 3.11. The summed E-state index contributed by atoms with van der Waals surface area (Å²) in [6, 6.07) is 4.24. The van der Waals surface area contributed by atoms with Gasteiger partial charge in [-0.2, -0.15) is 0 Å². The van der Waals surface area contributed by atoms with Crippen molar-refractivity contribution in [2.24, 2.45) is 11.8 Å². The highest BCUT2D eigenvalue weighted by atomic mass is 16.5. The van der Waals surface area contributed by atoms with Crippen LogP contribution in [0.15, 0.2) is 18.3 Å². The van der Waals surface area contributed by atoms with Gasteiger partial charge in [0, 0.05) is 37.8 Å². The Kier molecular flexibility index (Phi) is 4.54. The lowest BCUT2D eigenvalue weighted by molar-refractivity contribution is 0.0390. The van der Waals surface area contributed by atoms with Crippen molar-refractivity contribution in [1.29, 1.82) is 0 Å².